The summed E-state index contributed by atoms with van der Waals surface area (Å²) in [6.45, 7) is -0.182. The fourth-order valence-corrected chi connectivity index (χ4v) is 4.25. The number of allylic oxidation sites excluding steroid dienone is 3. The van der Waals surface area contributed by atoms with Gasteiger partial charge in [-0.1, -0.05) is 12.2 Å². The lowest BCUT2D eigenvalue weighted by molar-refractivity contribution is -0.112. The Kier molecular flexibility index (Phi) is 5.49. The first-order valence-corrected chi connectivity index (χ1v) is 9.87. The summed E-state index contributed by atoms with van der Waals surface area (Å²) in [7, 11) is 1.14. The number of carbonyl (C=O) groups is 1. The van der Waals surface area contributed by atoms with Gasteiger partial charge in [-0.3, -0.25) is 0 Å². The summed E-state index contributed by atoms with van der Waals surface area (Å²) in [5.41, 5.74) is -1.55. The lowest BCUT2D eigenvalue weighted by atomic mass is 9.87. The Bertz CT molecular complexity index is 1070. The van der Waals surface area contributed by atoms with E-state index >= 15 is 8.78 Å². The molecular weight excluding hydrogens is 421 g/mol. The first-order chi connectivity index (χ1) is 14.8. The van der Waals surface area contributed by atoms with Crippen molar-refractivity contribution in [1.29, 1.82) is 0 Å². The quantitative estimate of drug-likeness (QED) is 0.491. The summed E-state index contributed by atoms with van der Waals surface area (Å²) < 4.78 is 77.2. The minimum atomic E-state index is -4.69. The third kappa shape index (κ3) is 3.68. The van der Waals surface area contributed by atoms with Crippen LogP contribution in [0, 0.1) is 17.7 Å². The topological polar surface area (TPSA) is 47.4 Å². The van der Waals surface area contributed by atoms with Crippen molar-refractivity contribution < 1.29 is 31.5 Å². The van der Waals surface area contributed by atoms with Gasteiger partial charge in [-0.05, 0) is 37.8 Å². The van der Waals surface area contributed by atoms with Gasteiger partial charge in [0.1, 0.15) is 17.5 Å². The maximum atomic E-state index is 15.2. The highest BCUT2D eigenvalue weighted by molar-refractivity contribution is 5.88. The average Bonchev–Trinajstić information content (AvgIpc) is 3.10. The highest BCUT2D eigenvalue weighted by Gasteiger charge is 2.40. The van der Waals surface area contributed by atoms with Gasteiger partial charge < -0.3 is 14.4 Å². The molecule has 166 valence electrons. The predicted octanol–water partition coefficient (Wildman–Crippen LogP) is 5.08. The number of aromatic nitrogens is 2. The third-order valence-electron chi connectivity index (χ3n) is 5.84. The van der Waals surface area contributed by atoms with Crippen LogP contribution in [0.3, 0.4) is 0 Å². The van der Waals surface area contributed by atoms with Gasteiger partial charge in [0.05, 0.1) is 24.2 Å². The summed E-state index contributed by atoms with van der Waals surface area (Å²) in [6, 6.07) is 0.785. The molecular formula is C21H20F5N3O2. The van der Waals surface area contributed by atoms with E-state index in [2.05, 4.69) is 5.10 Å². The zero-order valence-corrected chi connectivity index (χ0v) is 16.6. The van der Waals surface area contributed by atoms with Crippen molar-refractivity contribution in [2.24, 2.45) is 5.92 Å². The minimum absolute atomic E-state index is 0.0903. The lowest BCUT2D eigenvalue weighted by Crippen LogP contribution is -2.33. The van der Waals surface area contributed by atoms with Crippen molar-refractivity contribution in [2.75, 3.05) is 18.6 Å². The Balaban J connectivity index is 1.81. The number of anilines is 1. The molecule has 0 N–H and O–H groups in total. The Morgan fingerprint density at radius 2 is 1.90 bits per heavy atom. The van der Waals surface area contributed by atoms with Crippen LogP contribution in [-0.4, -0.2) is 35.9 Å². The molecule has 10 heteroatoms. The van der Waals surface area contributed by atoms with E-state index < -0.39 is 29.4 Å². The van der Waals surface area contributed by atoms with Gasteiger partial charge in [0, 0.05) is 12.5 Å². The van der Waals surface area contributed by atoms with Crippen molar-refractivity contribution in [2.45, 2.75) is 37.9 Å². The largest absolute Gasteiger partial charge is 0.491 e. The summed E-state index contributed by atoms with van der Waals surface area (Å²) in [5.74, 6) is -2.37. The van der Waals surface area contributed by atoms with Gasteiger partial charge in [-0.2, -0.15) is 22.7 Å². The molecule has 0 radical (unpaired) electrons. The molecule has 0 saturated heterocycles. The number of aldehydes is 1. The number of ether oxygens (including phenoxy) is 1. The summed E-state index contributed by atoms with van der Waals surface area (Å²) in [5, 5.41) is 3.86. The molecule has 1 aromatic carbocycles. The molecule has 0 atom stereocenters. The number of halogens is 5. The fourth-order valence-electron chi connectivity index (χ4n) is 4.25. The smallest absolute Gasteiger partial charge is 0.431 e. The second-order valence-corrected chi connectivity index (χ2v) is 7.67. The molecule has 1 saturated carbocycles. The molecule has 0 amide bonds. The molecule has 31 heavy (non-hydrogen) atoms. The second-order valence-electron chi connectivity index (χ2n) is 7.67. The minimum Gasteiger partial charge on any atom is -0.491 e. The van der Waals surface area contributed by atoms with Crippen LogP contribution >= 0.6 is 0 Å². The Morgan fingerprint density at radius 3 is 2.52 bits per heavy atom. The van der Waals surface area contributed by atoms with E-state index in [4.69, 9.17) is 4.74 Å². The lowest BCUT2D eigenvalue weighted by Gasteiger charge is -2.30. The number of carbonyl (C=O) groups excluding carboxylic acids is 1. The van der Waals surface area contributed by atoms with Crippen molar-refractivity contribution >= 4 is 22.9 Å². The van der Waals surface area contributed by atoms with Crippen LogP contribution in [0.5, 0.6) is 5.75 Å². The van der Waals surface area contributed by atoms with E-state index in [-0.39, 0.29) is 35.1 Å². The summed E-state index contributed by atoms with van der Waals surface area (Å²) in [4.78, 5) is 11.8. The molecule has 4 rings (SSSR count). The average molecular weight is 441 g/mol. The number of methoxy groups -OCH3 is 1. The molecule has 0 bridgehead atoms. The molecule has 5 nitrogen and oxygen atoms in total. The monoisotopic (exact) mass is 441 g/mol. The van der Waals surface area contributed by atoms with E-state index in [9.17, 15) is 18.0 Å². The molecule has 1 fully saturated rings. The normalized spacial score (nSPS) is 22.0. The van der Waals surface area contributed by atoms with Crippen LogP contribution in [-0.2, 0) is 4.79 Å². The van der Waals surface area contributed by atoms with E-state index in [0.29, 0.717) is 25.7 Å². The Hall–Kier alpha value is -2.91. The van der Waals surface area contributed by atoms with Crippen molar-refractivity contribution in [1.82, 2.24) is 9.78 Å². The second kappa shape index (κ2) is 7.97. The van der Waals surface area contributed by atoms with E-state index in [0.717, 1.165) is 35.1 Å². The van der Waals surface area contributed by atoms with E-state index in [1.807, 2.05) is 0 Å². The maximum Gasteiger partial charge on any atom is 0.431 e. The van der Waals surface area contributed by atoms with Crippen molar-refractivity contribution in [3.63, 3.8) is 0 Å². The van der Waals surface area contributed by atoms with Crippen LogP contribution in [0.1, 0.15) is 31.7 Å². The molecule has 1 aromatic heterocycles. The van der Waals surface area contributed by atoms with Gasteiger partial charge in [0.2, 0.25) is 5.95 Å². The van der Waals surface area contributed by atoms with Gasteiger partial charge >= 0.3 is 6.18 Å². The zero-order chi connectivity index (χ0) is 22.3. The molecule has 1 aliphatic heterocycles. The SMILES string of the molecule is COc1c(N2CC=CC=C2C(F)(F)F)cc2c(F)n(C3CCC(C=O)CC3)nc2c1F. The number of benzene rings is 1. The standard InChI is InChI=1S/C21H20F5N3O2/c1-31-19-15(28-9-3-2-4-16(28)21(24,25)26)10-14-18(17(19)22)27-29(20(14)23)13-7-5-12(11-30)6-8-13/h2-4,10-13H,5-9H2,1H3. The van der Waals surface area contributed by atoms with Crippen LogP contribution < -0.4 is 9.64 Å². The number of fused-ring (bicyclic) bond motifs is 1. The van der Waals surface area contributed by atoms with Crippen LogP contribution in [0.4, 0.5) is 27.6 Å². The molecule has 2 aromatic rings. The first kappa shape index (κ1) is 21.3. The summed E-state index contributed by atoms with van der Waals surface area (Å²) >= 11 is 0. The number of rotatable bonds is 4. The fraction of sp³-hybridized carbons (Fsp3) is 0.429. The van der Waals surface area contributed by atoms with Gasteiger partial charge in [-0.25, -0.2) is 9.07 Å². The number of hydrogen-bond donors (Lipinski definition) is 0. The molecule has 1 aliphatic carbocycles. The van der Waals surface area contributed by atoms with Gasteiger partial charge in [-0.15, -0.1) is 0 Å². The summed E-state index contributed by atoms with van der Waals surface area (Å²) in [6.07, 6.45) is 1.92. The first-order valence-electron chi connectivity index (χ1n) is 9.87. The van der Waals surface area contributed by atoms with E-state index in [1.54, 1.807) is 0 Å². The highest BCUT2D eigenvalue weighted by atomic mass is 19.4. The zero-order valence-electron chi connectivity index (χ0n) is 16.6. The molecule has 2 aliphatic rings. The highest BCUT2D eigenvalue weighted by Crippen LogP contribution is 2.43. The number of nitrogens with zero attached hydrogens (tertiary/aromatic N) is 3. The van der Waals surface area contributed by atoms with E-state index in [1.165, 1.54) is 12.2 Å². The number of hydrogen-bond acceptors (Lipinski definition) is 4. The third-order valence-corrected chi connectivity index (χ3v) is 5.84. The van der Waals surface area contributed by atoms with Gasteiger partial charge in [0.25, 0.3) is 0 Å². The molecule has 0 unspecified atom stereocenters. The predicted molar refractivity (Wildman–Crippen MR) is 104 cm³/mol. The van der Waals surface area contributed by atoms with Crippen LogP contribution in [0.25, 0.3) is 10.9 Å². The van der Waals surface area contributed by atoms with Gasteiger partial charge in [0.15, 0.2) is 11.6 Å². The van der Waals surface area contributed by atoms with Crippen LogP contribution in [0.15, 0.2) is 30.0 Å². The van der Waals surface area contributed by atoms with Crippen LogP contribution in [0.2, 0.25) is 0 Å². The van der Waals surface area contributed by atoms with Crippen molar-refractivity contribution in [3.05, 3.63) is 41.8 Å². The number of alkyl halides is 3. The maximum absolute atomic E-state index is 15.2. The van der Waals surface area contributed by atoms with Crippen molar-refractivity contribution in [3.8, 4) is 5.75 Å². The Morgan fingerprint density at radius 1 is 1.19 bits per heavy atom. The molecule has 2 heterocycles. The Labute approximate surface area is 174 Å². The molecule has 0 spiro atoms.